The molecule has 1 heterocycles. The number of piperidine rings is 1. The van der Waals surface area contributed by atoms with Gasteiger partial charge in [0, 0.05) is 0 Å². The third-order valence-electron chi connectivity index (χ3n) is 3.38. The summed E-state index contributed by atoms with van der Waals surface area (Å²) in [4.78, 5) is 2.64. The molecule has 0 aromatic carbocycles. The molecule has 0 saturated carbocycles. The van der Waals surface area contributed by atoms with Crippen LogP contribution in [-0.2, 0) is 0 Å². The van der Waals surface area contributed by atoms with Crippen LogP contribution in [0.1, 0.15) is 57.8 Å². The average Bonchev–Trinajstić information content (AvgIpc) is 2.41. The fraction of sp³-hybridized carbons (Fsp3) is 1.00. The van der Waals surface area contributed by atoms with Crippen LogP contribution in [0, 0.1) is 0 Å². The molecule has 6 N–H and O–H groups in total. The lowest BCUT2D eigenvalue weighted by Gasteiger charge is -2.26. The third kappa shape index (κ3) is 10.7. The Hall–Kier alpha value is -0.160. The summed E-state index contributed by atoms with van der Waals surface area (Å²) in [6, 6.07) is 0. The Labute approximate surface area is 107 Å². The van der Waals surface area contributed by atoms with Crippen molar-refractivity contribution in [1.82, 2.24) is 4.90 Å². The molecule has 0 atom stereocenters. The van der Waals surface area contributed by atoms with E-state index in [1.165, 1.54) is 77.4 Å². The highest BCUT2D eigenvalue weighted by Gasteiger charge is 2.08. The second-order valence-corrected chi connectivity index (χ2v) is 4.81. The summed E-state index contributed by atoms with van der Waals surface area (Å²) in [7, 11) is 0. The van der Waals surface area contributed by atoms with Gasteiger partial charge in [0.15, 0.2) is 0 Å². The molecule has 0 aromatic heterocycles. The molecule has 1 saturated heterocycles. The Morgan fingerprint density at radius 2 is 1.24 bits per heavy atom. The zero-order valence-corrected chi connectivity index (χ0v) is 11.4. The van der Waals surface area contributed by atoms with Crippen LogP contribution in [-0.4, -0.2) is 31.1 Å². The first kappa shape index (κ1) is 16.8. The zero-order chi connectivity index (χ0) is 12.8. The first-order chi connectivity index (χ1) is 8.43. The van der Waals surface area contributed by atoms with E-state index in [1.807, 2.05) is 0 Å². The maximum Gasteiger partial charge on any atom is -0.00187 e. The Morgan fingerprint density at radius 1 is 0.706 bits per heavy atom. The topological polar surface area (TPSA) is 81.3 Å². The fourth-order valence-corrected chi connectivity index (χ4v) is 2.37. The lowest BCUT2D eigenvalue weighted by molar-refractivity contribution is 0.224. The Balaban J connectivity index is 0.00000121. The SMILES string of the molecule is NCCCCCCCCN1CCCCC1.NN. The number of hydrogen-bond donors (Lipinski definition) is 3. The van der Waals surface area contributed by atoms with Gasteiger partial charge in [-0.15, -0.1) is 0 Å². The van der Waals surface area contributed by atoms with Crippen molar-refractivity contribution in [3.05, 3.63) is 0 Å². The average molecular weight is 244 g/mol. The van der Waals surface area contributed by atoms with Crippen LogP contribution < -0.4 is 17.4 Å². The van der Waals surface area contributed by atoms with Gasteiger partial charge in [-0.05, 0) is 51.9 Å². The quantitative estimate of drug-likeness (QED) is 0.344. The van der Waals surface area contributed by atoms with E-state index in [2.05, 4.69) is 16.6 Å². The van der Waals surface area contributed by atoms with Crippen LogP contribution in [0.15, 0.2) is 0 Å². The second-order valence-electron chi connectivity index (χ2n) is 4.81. The maximum absolute atomic E-state index is 5.46. The molecule has 0 aromatic rings. The number of hydrogen-bond acceptors (Lipinski definition) is 4. The van der Waals surface area contributed by atoms with E-state index in [4.69, 9.17) is 5.73 Å². The number of rotatable bonds is 8. The largest absolute Gasteiger partial charge is 0.330 e. The molecule has 0 amide bonds. The highest BCUT2D eigenvalue weighted by atomic mass is 15.1. The van der Waals surface area contributed by atoms with Crippen molar-refractivity contribution in [2.24, 2.45) is 17.4 Å². The summed E-state index contributed by atoms with van der Waals surface area (Å²) in [6.45, 7) is 4.92. The lowest BCUT2D eigenvalue weighted by atomic mass is 10.1. The highest BCUT2D eigenvalue weighted by Crippen LogP contribution is 2.11. The molecular weight excluding hydrogens is 212 g/mol. The van der Waals surface area contributed by atoms with Gasteiger partial charge >= 0.3 is 0 Å². The van der Waals surface area contributed by atoms with Crippen molar-refractivity contribution >= 4 is 0 Å². The van der Waals surface area contributed by atoms with Gasteiger partial charge < -0.3 is 10.6 Å². The van der Waals surface area contributed by atoms with Gasteiger partial charge in [0.05, 0.1) is 0 Å². The number of unbranched alkanes of at least 4 members (excludes halogenated alkanes) is 5. The minimum absolute atomic E-state index is 0.869. The normalized spacial score (nSPS) is 16.4. The van der Waals surface area contributed by atoms with Crippen molar-refractivity contribution < 1.29 is 0 Å². The van der Waals surface area contributed by atoms with Crippen LogP contribution in [0.3, 0.4) is 0 Å². The summed E-state index contributed by atoms with van der Waals surface area (Å²) in [6.07, 6.45) is 12.5. The van der Waals surface area contributed by atoms with Crippen molar-refractivity contribution in [3.63, 3.8) is 0 Å². The van der Waals surface area contributed by atoms with E-state index in [0.717, 1.165) is 6.54 Å². The van der Waals surface area contributed by atoms with Crippen LogP contribution >= 0.6 is 0 Å². The molecule has 0 spiro atoms. The molecule has 0 unspecified atom stereocenters. The number of hydrazine groups is 1. The van der Waals surface area contributed by atoms with E-state index in [0.29, 0.717) is 0 Å². The molecule has 0 radical (unpaired) electrons. The Kier molecular flexibility index (Phi) is 13.8. The van der Waals surface area contributed by atoms with Crippen LogP contribution in [0.2, 0.25) is 0 Å². The van der Waals surface area contributed by atoms with Crippen LogP contribution in [0.25, 0.3) is 0 Å². The summed E-state index contributed by atoms with van der Waals surface area (Å²) in [5.74, 6) is 8.00. The Bertz CT molecular complexity index is 135. The molecule has 17 heavy (non-hydrogen) atoms. The number of likely N-dealkylation sites (tertiary alicyclic amines) is 1. The highest BCUT2D eigenvalue weighted by molar-refractivity contribution is 4.64. The molecular formula is C13H32N4. The van der Waals surface area contributed by atoms with Gasteiger partial charge in [-0.2, -0.15) is 0 Å². The molecule has 1 fully saturated rings. The monoisotopic (exact) mass is 244 g/mol. The van der Waals surface area contributed by atoms with E-state index in [9.17, 15) is 0 Å². The zero-order valence-electron chi connectivity index (χ0n) is 11.4. The van der Waals surface area contributed by atoms with Crippen molar-refractivity contribution in [1.29, 1.82) is 0 Å². The molecule has 1 rings (SSSR count). The van der Waals surface area contributed by atoms with Crippen LogP contribution in [0.5, 0.6) is 0 Å². The van der Waals surface area contributed by atoms with Gasteiger partial charge in [-0.3, -0.25) is 11.7 Å². The predicted octanol–water partition coefficient (Wildman–Crippen LogP) is 1.59. The van der Waals surface area contributed by atoms with Gasteiger partial charge in [0.1, 0.15) is 0 Å². The standard InChI is InChI=1S/C13H28N2.H4N2/c14-10-6-3-1-2-4-7-11-15-12-8-5-9-13-15;1-2/h1-14H2;1-2H2. The molecule has 1 aliphatic rings. The molecule has 0 bridgehead atoms. The summed E-state index contributed by atoms with van der Waals surface area (Å²) in [5, 5.41) is 0. The van der Waals surface area contributed by atoms with E-state index >= 15 is 0 Å². The van der Waals surface area contributed by atoms with Crippen molar-refractivity contribution in [2.75, 3.05) is 26.2 Å². The number of nitrogens with two attached hydrogens (primary N) is 3. The molecule has 0 aliphatic carbocycles. The van der Waals surface area contributed by atoms with Crippen molar-refractivity contribution in [2.45, 2.75) is 57.8 Å². The smallest absolute Gasteiger partial charge is 0.00187 e. The fourth-order valence-electron chi connectivity index (χ4n) is 2.37. The third-order valence-corrected chi connectivity index (χ3v) is 3.38. The van der Waals surface area contributed by atoms with E-state index in [-0.39, 0.29) is 0 Å². The number of nitrogens with zero attached hydrogens (tertiary/aromatic N) is 1. The Morgan fingerprint density at radius 3 is 1.82 bits per heavy atom. The van der Waals surface area contributed by atoms with E-state index in [1.54, 1.807) is 0 Å². The maximum atomic E-state index is 5.46. The first-order valence-electron chi connectivity index (χ1n) is 7.19. The minimum Gasteiger partial charge on any atom is -0.330 e. The molecule has 1 aliphatic heterocycles. The molecule has 4 nitrogen and oxygen atoms in total. The molecule has 4 heteroatoms. The first-order valence-corrected chi connectivity index (χ1v) is 7.19. The van der Waals surface area contributed by atoms with Gasteiger partial charge in [0.25, 0.3) is 0 Å². The van der Waals surface area contributed by atoms with Gasteiger partial charge in [-0.1, -0.05) is 32.1 Å². The van der Waals surface area contributed by atoms with Gasteiger partial charge in [-0.25, -0.2) is 0 Å². The second kappa shape index (κ2) is 13.9. The summed E-state index contributed by atoms with van der Waals surface area (Å²) >= 11 is 0. The van der Waals surface area contributed by atoms with Crippen molar-refractivity contribution in [3.8, 4) is 0 Å². The van der Waals surface area contributed by atoms with Gasteiger partial charge in [0.2, 0.25) is 0 Å². The lowest BCUT2D eigenvalue weighted by Crippen LogP contribution is -2.30. The summed E-state index contributed by atoms with van der Waals surface area (Å²) in [5.41, 5.74) is 5.46. The van der Waals surface area contributed by atoms with E-state index < -0.39 is 0 Å². The minimum atomic E-state index is 0.869. The summed E-state index contributed by atoms with van der Waals surface area (Å²) < 4.78 is 0. The predicted molar refractivity (Wildman–Crippen MR) is 75.4 cm³/mol. The molecule has 104 valence electrons. The van der Waals surface area contributed by atoms with Crippen LogP contribution in [0.4, 0.5) is 0 Å².